The summed E-state index contributed by atoms with van der Waals surface area (Å²) in [5.74, 6) is 0.113. The van der Waals surface area contributed by atoms with Crippen molar-refractivity contribution >= 4 is 23.4 Å². The summed E-state index contributed by atoms with van der Waals surface area (Å²) in [4.78, 5) is 22.2. The molecule has 0 radical (unpaired) electrons. The standard InChI is InChI=1S/C14H13N3O3S/c1-2-21-14-12(8-15)11(7-13(18)16-14)9-4-3-5-10(6-9)17(19)20/h3-6,11H,2,7H2,1H3,(H,16,18)/t11-/m1/s1. The van der Waals surface area contributed by atoms with Gasteiger partial charge in [-0.3, -0.25) is 14.9 Å². The fraction of sp³-hybridized carbons (Fsp3) is 0.286. The molecule has 7 heteroatoms. The Balaban J connectivity index is 2.48. The Morgan fingerprint density at radius 2 is 2.33 bits per heavy atom. The predicted molar refractivity (Wildman–Crippen MR) is 79.4 cm³/mol. The number of nitrogens with one attached hydrogen (secondary N) is 1. The molecule has 0 unspecified atom stereocenters. The Morgan fingerprint density at radius 3 is 2.95 bits per heavy atom. The number of rotatable bonds is 4. The molecule has 0 spiro atoms. The first-order valence-electron chi connectivity index (χ1n) is 6.38. The molecule has 0 bridgehead atoms. The highest BCUT2D eigenvalue weighted by Crippen LogP contribution is 2.36. The number of hydrogen-bond donors (Lipinski definition) is 1. The van der Waals surface area contributed by atoms with Crippen LogP contribution >= 0.6 is 11.8 Å². The second kappa shape index (κ2) is 6.41. The summed E-state index contributed by atoms with van der Waals surface area (Å²) >= 11 is 1.39. The van der Waals surface area contributed by atoms with Gasteiger partial charge in [-0.1, -0.05) is 19.1 Å². The number of amides is 1. The summed E-state index contributed by atoms with van der Waals surface area (Å²) in [6.45, 7) is 1.93. The molecule has 1 atom stereocenters. The van der Waals surface area contributed by atoms with Gasteiger partial charge in [0.05, 0.1) is 21.6 Å². The van der Waals surface area contributed by atoms with E-state index in [-0.39, 0.29) is 18.0 Å². The molecule has 1 aliphatic heterocycles. The minimum absolute atomic E-state index is 0.0412. The maximum atomic E-state index is 11.8. The number of nitriles is 1. The molecule has 1 aliphatic rings. The van der Waals surface area contributed by atoms with Crippen molar-refractivity contribution in [3.8, 4) is 6.07 Å². The van der Waals surface area contributed by atoms with E-state index in [4.69, 9.17) is 0 Å². The lowest BCUT2D eigenvalue weighted by atomic mass is 9.87. The van der Waals surface area contributed by atoms with Crippen molar-refractivity contribution in [2.45, 2.75) is 19.3 Å². The molecule has 1 aromatic carbocycles. The molecule has 0 fully saturated rings. The summed E-state index contributed by atoms with van der Waals surface area (Å²) in [6.07, 6.45) is 0.123. The molecule has 108 valence electrons. The second-order valence-electron chi connectivity index (χ2n) is 4.44. The van der Waals surface area contributed by atoms with Crippen LogP contribution in [-0.2, 0) is 4.79 Å². The fourth-order valence-corrected chi connectivity index (χ4v) is 3.04. The summed E-state index contributed by atoms with van der Waals surface area (Å²) < 4.78 is 0. The summed E-state index contributed by atoms with van der Waals surface area (Å²) in [7, 11) is 0. The van der Waals surface area contributed by atoms with E-state index in [0.29, 0.717) is 16.2 Å². The fourth-order valence-electron chi connectivity index (χ4n) is 2.22. The average Bonchev–Trinajstić information content (AvgIpc) is 2.47. The van der Waals surface area contributed by atoms with Gasteiger partial charge in [0.25, 0.3) is 5.69 Å². The van der Waals surface area contributed by atoms with Crippen molar-refractivity contribution in [2.75, 3.05) is 5.75 Å². The molecule has 21 heavy (non-hydrogen) atoms. The van der Waals surface area contributed by atoms with Gasteiger partial charge in [0.1, 0.15) is 0 Å². The monoisotopic (exact) mass is 303 g/mol. The smallest absolute Gasteiger partial charge is 0.269 e. The number of thioether (sulfide) groups is 1. The van der Waals surface area contributed by atoms with Gasteiger partial charge < -0.3 is 5.32 Å². The summed E-state index contributed by atoms with van der Waals surface area (Å²) in [5, 5.41) is 23.5. The van der Waals surface area contributed by atoms with Crippen LogP contribution in [0.4, 0.5) is 5.69 Å². The zero-order chi connectivity index (χ0) is 15.4. The van der Waals surface area contributed by atoms with Crippen LogP contribution in [0, 0.1) is 21.4 Å². The number of nitro benzene ring substituents is 1. The van der Waals surface area contributed by atoms with Gasteiger partial charge in [-0.15, -0.1) is 11.8 Å². The van der Waals surface area contributed by atoms with E-state index in [9.17, 15) is 20.2 Å². The van der Waals surface area contributed by atoms with E-state index >= 15 is 0 Å². The van der Waals surface area contributed by atoms with Gasteiger partial charge in [-0.25, -0.2) is 0 Å². The molecule has 1 N–H and O–H groups in total. The normalized spacial score (nSPS) is 18.1. The number of benzene rings is 1. The first-order chi connectivity index (χ1) is 10.1. The third-order valence-corrected chi connectivity index (χ3v) is 4.03. The minimum atomic E-state index is -0.482. The van der Waals surface area contributed by atoms with Gasteiger partial charge in [-0.05, 0) is 11.3 Å². The Morgan fingerprint density at radius 1 is 1.57 bits per heavy atom. The third-order valence-electron chi connectivity index (χ3n) is 3.13. The van der Waals surface area contributed by atoms with E-state index in [1.807, 2.05) is 6.92 Å². The lowest BCUT2D eigenvalue weighted by Crippen LogP contribution is -2.30. The number of carbonyl (C=O) groups excluding carboxylic acids is 1. The largest absolute Gasteiger partial charge is 0.320 e. The van der Waals surface area contributed by atoms with Crippen LogP contribution in [0.15, 0.2) is 34.9 Å². The van der Waals surface area contributed by atoms with Gasteiger partial charge in [0, 0.05) is 24.5 Å². The number of nitro groups is 1. The highest BCUT2D eigenvalue weighted by Gasteiger charge is 2.30. The van der Waals surface area contributed by atoms with Crippen molar-refractivity contribution in [2.24, 2.45) is 0 Å². The van der Waals surface area contributed by atoms with Gasteiger partial charge >= 0.3 is 0 Å². The minimum Gasteiger partial charge on any atom is -0.320 e. The van der Waals surface area contributed by atoms with E-state index in [1.54, 1.807) is 12.1 Å². The molecular weight excluding hydrogens is 290 g/mol. The van der Waals surface area contributed by atoms with E-state index in [0.717, 1.165) is 5.75 Å². The van der Waals surface area contributed by atoms with Crippen LogP contribution in [0.2, 0.25) is 0 Å². The first kappa shape index (κ1) is 15.1. The number of allylic oxidation sites excluding steroid dienone is 1. The predicted octanol–water partition coefficient (Wildman–Crippen LogP) is 2.69. The zero-order valence-corrected chi connectivity index (χ0v) is 12.1. The summed E-state index contributed by atoms with van der Waals surface area (Å²) in [5.41, 5.74) is 1.03. The molecule has 0 saturated carbocycles. The van der Waals surface area contributed by atoms with Crippen molar-refractivity contribution in [3.05, 3.63) is 50.5 Å². The van der Waals surface area contributed by atoms with Crippen LogP contribution < -0.4 is 5.32 Å². The number of nitrogens with zero attached hydrogens (tertiary/aromatic N) is 2. The molecule has 2 rings (SSSR count). The van der Waals surface area contributed by atoms with Crippen molar-refractivity contribution in [1.29, 1.82) is 5.26 Å². The lowest BCUT2D eigenvalue weighted by molar-refractivity contribution is -0.384. The zero-order valence-electron chi connectivity index (χ0n) is 11.3. The Hall–Kier alpha value is -2.33. The van der Waals surface area contributed by atoms with E-state index in [2.05, 4.69) is 11.4 Å². The molecule has 1 heterocycles. The molecule has 0 aromatic heterocycles. The Labute approximate surface area is 126 Å². The van der Waals surface area contributed by atoms with Crippen LogP contribution in [0.3, 0.4) is 0 Å². The molecule has 0 aliphatic carbocycles. The van der Waals surface area contributed by atoms with Crippen molar-refractivity contribution in [1.82, 2.24) is 5.32 Å². The average molecular weight is 303 g/mol. The van der Waals surface area contributed by atoms with Gasteiger partial charge in [0.15, 0.2) is 0 Å². The van der Waals surface area contributed by atoms with Gasteiger partial charge in [-0.2, -0.15) is 5.26 Å². The third kappa shape index (κ3) is 3.23. The van der Waals surface area contributed by atoms with Crippen molar-refractivity contribution in [3.63, 3.8) is 0 Å². The van der Waals surface area contributed by atoms with Crippen molar-refractivity contribution < 1.29 is 9.72 Å². The molecule has 0 saturated heterocycles. The Kier molecular flexibility index (Phi) is 4.60. The van der Waals surface area contributed by atoms with Crippen LogP contribution in [-0.4, -0.2) is 16.6 Å². The summed E-state index contributed by atoms with van der Waals surface area (Å²) in [6, 6.07) is 8.23. The molecular formula is C14H13N3O3S. The number of hydrogen-bond acceptors (Lipinski definition) is 5. The van der Waals surface area contributed by atoms with E-state index < -0.39 is 10.8 Å². The number of carbonyl (C=O) groups is 1. The highest BCUT2D eigenvalue weighted by atomic mass is 32.2. The molecule has 1 aromatic rings. The maximum absolute atomic E-state index is 11.8. The van der Waals surface area contributed by atoms with Crippen LogP contribution in [0.1, 0.15) is 24.8 Å². The Bertz CT molecular complexity index is 664. The maximum Gasteiger partial charge on any atom is 0.269 e. The topological polar surface area (TPSA) is 96.0 Å². The molecule has 6 nitrogen and oxygen atoms in total. The lowest BCUT2D eigenvalue weighted by Gasteiger charge is -2.24. The SMILES string of the molecule is CCSC1=C(C#N)[C@@H](c2cccc([N+](=O)[O-])c2)CC(=O)N1. The second-order valence-corrected chi connectivity index (χ2v) is 5.72. The number of non-ortho nitro benzene ring substituents is 1. The van der Waals surface area contributed by atoms with Crippen LogP contribution in [0.25, 0.3) is 0 Å². The molecule has 1 amide bonds. The van der Waals surface area contributed by atoms with E-state index in [1.165, 1.54) is 23.9 Å². The van der Waals surface area contributed by atoms with Crippen LogP contribution in [0.5, 0.6) is 0 Å². The quantitative estimate of drug-likeness (QED) is 0.681. The first-order valence-corrected chi connectivity index (χ1v) is 7.36. The van der Waals surface area contributed by atoms with Gasteiger partial charge in [0.2, 0.25) is 5.91 Å². The highest BCUT2D eigenvalue weighted by molar-refractivity contribution is 8.03.